The molecule has 3 saturated heterocycles. The van der Waals surface area contributed by atoms with E-state index in [0.717, 1.165) is 43.2 Å². The first-order chi connectivity index (χ1) is 22.5. The van der Waals surface area contributed by atoms with Crippen LogP contribution in [0.4, 0.5) is 28.4 Å². The van der Waals surface area contributed by atoms with Crippen LogP contribution in [0.25, 0.3) is 0 Å². The van der Waals surface area contributed by atoms with E-state index in [0.29, 0.717) is 51.6 Å². The average Bonchev–Trinajstić information content (AvgIpc) is 3.52. The lowest BCUT2D eigenvalue weighted by Crippen LogP contribution is -2.57. The number of thiophene rings is 1. The average molecular weight is 697 g/mol. The fourth-order valence-corrected chi connectivity index (χ4v) is 8.32. The second kappa shape index (κ2) is 14.1. The van der Waals surface area contributed by atoms with Crippen LogP contribution in [0.15, 0.2) is 22.9 Å². The van der Waals surface area contributed by atoms with E-state index in [1.165, 1.54) is 36.7 Å². The van der Waals surface area contributed by atoms with Gasteiger partial charge in [-0.05, 0) is 74.7 Å². The van der Waals surface area contributed by atoms with Crippen LogP contribution in [0.3, 0.4) is 0 Å². The van der Waals surface area contributed by atoms with Gasteiger partial charge < -0.3 is 35.3 Å². The van der Waals surface area contributed by atoms with Crippen LogP contribution in [0.5, 0.6) is 5.75 Å². The number of urea groups is 2. The quantitative estimate of drug-likeness (QED) is 0.358. The standard InChI is InChI=1S/C32H40ClF3N6O4S/c33-25-15-20(14-24(28(25)43)32(34,35)36)16-26(29(44)40-10-4-22(5-11-40)39-8-2-1-3-9-39)37-30(45)41-12-6-23(7-13-41)42-17-21-18-47-19-27(21)38-31(42)46/h14-15,18-19,22-23,26,43H,1-13,16-17H2,(H,37,45)(H,38,46)/t26-/m1/s1. The van der Waals surface area contributed by atoms with Gasteiger partial charge in [-0.15, -0.1) is 11.3 Å². The molecule has 1 aromatic heterocycles. The number of likely N-dealkylation sites (tertiary alicyclic amines) is 3. The number of aromatic hydroxyl groups is 1. The molecule has 3 fully saturated rings. The van der Waals surface area contributed by atoms with Crippen LogP contribution >= 0.6 is 22.9 Å². The highest BCUT2D eigenvalue weighted by atomic mass is 35.5. The van der Waals surface area contributed by atoms with E-state index in [1.54, 1.807) is 14.7 Å². The summed E-state index contributed by atoms with van der Waals surface area (Å²) in [6, 6.07) is 0.504. The number of hydrogen-bond acceptors (Lipinski definition) is 6. The first kappa shape index (κ1) is 33.7. The molecule has 6 rings (SSSR count). The third-order valence-corrected chi connectivity index (χ3v) is 11.0. The molecular weight excluding hydrogens is 657 g/mol. The van der Waals surface area contributed by atoms with Gasteiger partial charge in [0, 0.05) is 55.6 Å². The zero-order valence-corrected chi connectivity index (χ0v) is 27.6. The van der Waals surface area contributed by atoms with E-state index in [9.17, 15) is 32.7 Å². The number of carbonyl (C=O) groups excluding carboxylic acids is 3. The van der Waals surface area contributed by atoms with Gasteiger partial charge in [-0.1, -0.05) is 18.0 Å². The number of alkyl halides is 3. The van der Waals surface area contributed by atoms with Gasteiger partial charge >= 0.3 is 18.2 Å². The number of hydrogen-bond donors (Lipinski definition) is 3. The van der Waals surface area contributed by atoms with E-state index in [4.69, 9.17) is 11.6 Å². The number of anilines is 1. The molecule has 15 heteroatoms. The largest absolute Gasteiger partial charge is 0.506 e. The van der Waals surface area contributed by atoms with Crippen molar-refractivity contribution < 1.29 is 32.7 Å². The lowest BCUT2D eigenvalue weighted by atomic mass is 9.97. The summed E-state index contributed by atoms with van der Waals surface area (Å²) < 4.78 is 41.1. The first-order valence-corrected chi connectivity index (χ1v) is 17.6. The molecule has 0 saturated carbocycles. The maximum Gasteiger partial charge on any atom is 0.420 e. The molecule has 5 heterocycles. The minimum atomic E-state index is -4.86. The Morgan fingerprint density at radius 1 is 0.979 bits per heavy atom. The molecule has 3 N–H and O–H groups in total. The van der Waals surface area contributed by atoms with Crippen LogP contribution in [-0.4, -0.2) is 100 Å². The summed E-state index contributed by atoms with van der Waals surface area (Å²) in [5, 5.41) is 19.2. The summed E-state index contributed by atoms with van der Waals surface area (Å²) in [5.74, 6) is -1.44. The van der Waals surface area contributed by atoms with Crippen LogP contribution in [0.1, 0.15) is 61.6 Å². The Morgan fingerprint density at radius 2 is 1.64 bits per heavy atom. The van der Waals surface area contributed by atoms with Crippen molar-refractivity contribution in [1.82, 2.24) is 24.9 Å². The van der Waals surface area contributed by atoms with E-state index in [1.807, 2.05) is 10.8 Å². The predicted molar refractivity (Wildman–Crippen MR) is 173 cm³/mol. The summed E-state index contributed by atoms with van der Waals surface area (Å²) in [7, 11) is 0. The molecule has 47 heavy (non-hydrogen) atoms. The number of piperidine rings is 3. The summed E-state index contributed by atoms with van der Waals surface area (Å²) in [6.07, 6.45) is 1.15. The second-order valence-electron chi connectivity index (χ2n) is 12.9. The minimum Gasteiger partial charge on any atom is -0.506 e. The minimum absolute atomic E-state index is 0.0642. The van der Waals surface area contributed by atoms with Crippen LogP contribution in [0.2, 0.25) is 5.02 Å². The molecule has 0 unspecified atom stereocenters. The first-order valence-electron chi connectivity index (χ1n) is 16.3. The number of halogens is 4. The maximum absolute atomic E-state index is 13.9. The lowest BCUT2D eigenvalue weighted by molar-refractivity contribution is -0.138. The summed E-state index contributed by atoms with van der Waals surface area (Å²) in [5.41, 5.74) is 0.665. The highest BCUT2D eigenvalue weighted by Gasteiger charge is 2.38. The molecular formula is C32H40ClF3N6O4S. The van der Waals surface area contributed by atoms with Gasteiger partial charge in [0.15, 0.2) is 0 Å². The highest BCUT2D eigenvalue weighted by molar-refractivity contribution is 7.08. The Balaban J connectivity index is 1.13. The van der Waals surface area contributed by atoms with Gasteiger partial charge in [0.2, 0.25) is 5.91 Å². The monoisotopic (exact) mass is 696 g/mol. The molecule has 0 radical (unpaired) electrons. The van der Waals surface area contributed by atoms with Gasteiger partial charge in [-0.25, -0.2) is 9.59 Å². The SMILES string of the molecule is O=C(N[C@H](Cc1cc(Cl)c(O)c(C(F)(F)F)c1)C(=O)N1CCC(N2CCCCC2)CC1)N1CCC(N2Cc3cscc3NC2=O)CC1. The van der Waals surface area contributed by atoms with Crippen molar-refractivity contribution in [3.63, 3.8) is 0 Å². The topological polar surface area (TPSA) is 108 Å². The Bertz CT molecular complexity index is 1470. The fourth-order valence-electron chi connectivity index (χ4n) is 7.29. The Labute approximate surface area is 280 Å². The van der Waals surface area contributed by atoms with Crippen LogP contribution in [-0.2, 0) is 23.9 Å². The number of rotatable bonds is 6. The lowest BCUT2D eigenvalue weighted by Gasteiger charge is -2.41. The number of amides is 5. The molecule has 4 aliphatic heterocycles. The second-order valence-corrected chi connectivity index (χ2v) is 14.1. The number of phenolic OH excluding ortho intramolecular Hbond substituents is 1. The van der Waals surface area contributed by atoms with Crippen LogP contribution in [0, 0.1) is 0 Å². The van der Waals surface area contributed by atoms with Gasteiger partial charge in [-0.2, -0.15) is 13.2 Å². The fraction of sp³-hybridized carbons (Fsp3) is 0.594. The zero-order valence-electron chi connectivity index (χ0n) is 26.0. The number of carbonyl (C=O) groups is 3. The maximum atomic E-state index is 13.9. The molecule has 10 nitrogen and oxygen atoms in total. The predicted octanol–water partition coefficient (Wildman–Crippen LogP) is 5.74. The third-order valence-electron chi connectivity index (χ3n) is 9.93. The van der Waals surface area contributed by atoms with E-state index in [2.05, 4.69) is 15.5 Å². The number of phenols is 1. The molecule has 0 spiro atoms. The highest BCUT2D eigenvalue weighted by Crippen LogP contribution is 2.40. The van der Waals surface area contributed by atoms with Crippen molar-refractivity contribution in [3.05, 3.63) is 44.6 Å². The molecule has 0 bridgehead atoms. The van der Waals surface area contributed by atoms with E-state index < -0.39 is 34.6 Å². The van der Waals surface area contributed by atoms with Gasteiger partial charge in [0.25, 0.3) is 0 Å². The Hall–Kier alpha value is -3.23. The van der Waals surface area contributed by atoms with Gasteiger partial charge in [-0.3, -0.25) is 4.79 Å². The number of fused-ring (bicyclic) bond motifs is 1. The van der Waals surface area contributed by atoms with E-state index >= 15 is 0 Å². The molecule has 256 valence electrons. The van der Waals surface area contributed by atoms with Crippen molar-refractivity contribution in [2.75, 3.05) is 44.6 Å². The van der Waals surface area contributed by atoms with E-state index in [-0.39, 0.29) is 30.0 Å². The molecule has 0 aliphatic carbocycles. The van der Waals surface area contributed by atoms with Crippen LogP contribution < -0.4 is 10.6 Å². The smallest absolute Gasteiger partial charge is 0.420 e. The molecule has 1 atom stereocenters. The third kappa shape index (κ3) is 7.59. The number of nitrogens with one attached hydrogen (secondary N) is 2. The summed E-state index contributed by atoms with van der Waals surface area (Å²) in [4.78, 5) is 47.8. The summed E-state index contributed by atoms with van der Waals surface area (Å²) >= 11 is 7.51. The van der Waals surface area contributed by atoms with Crippen molar-refractivity contribution in [2.45, 2.75) is 82.2 Å². The van der Waals surface area contributed by atoms with Crippen molar-refractivity contribution in [2.24, 2.45) is 0 Å². The molecule has 1 aromatic carbocycles. The van der Waals surface area contributed by atoms with Crippen molar-refractivity contribution in [3.8, 4) is 5.75 Å². The zero-order chi connectivity index (χ0) is 33.3. The van der Waals surface area contributed by atoms with Gasteiger partial charge in [0.1, 0.15) is 11.8 Å². The normalized spacial score (nSPS) is 20.9. The molecule has 2 aromatic rings. The number of benzene rings is 1. The number of nitrogens with zero attached hydrogens (tertiary/aromatic N) is 4. The molecule has 4 aliphatic rings. The van der Waals surface area contributed by atoms with Crippen molar-refractivity contribution >= 4 is 46.6 Å². The Kier molecular flexibility index (Phi) is 10.1. The van der Waals surface area contributed by atoms with Gasteiger partial charge in [0.05, 0.1) is 22.8 Å². The summed E-state index contributed by atoms with van der Waals surface area (Å²) in [6.45, 7) is 4.28. The molecule has 5 amide bonds. The van der Waals surface area contributed by atoms with Crippen molar-refractivity contribution in [1.29, 1.82) is 0 Å². The Morgan fingerprint density at radius 3 is 2.32 bits per heavy atom.